The van der Waals surface area contributed by atoms with E-state index in [0.29, 0.717) is 11.5 Å². The Bertz CT molecular complexity index is 1870. The highest BCUT2D eigenvalue weighted by atomic mass is 32.2. The zero-order chi connectivity index (χ0) is 42.5. The average Bonchev–Trinajstić information content (AvgIpc) is 3.20. The Kier molecular flexibility index (Phi) is 20.1. The normalized spacial score (nSPS) is 14.3. The average molecular weight is 827 g/mol. The van der Waals surface area contributed by atoms with E-state index in [2.05, 4.69) is 0 Å². The molecular formula is C43H54O14S. The summed E-state index contributed by atoms with van der Waals surface area (Å²) < 4.78 is 74.7. The summed E-state index contributed by atoms with van der Waals surface area (Å²) in [5.74, 6) is -1.18. The van der Waals surface area contributed by atoms with Gasteiger partial charge in [-0.3, -0.25) is 4.79 Å². The Morgan fingerprint density at radius 1 is 0.655 bits per heavy atom. The lowest BCUT2D eigenvalue weighted by atomic mass is 10.1. The van der Waals surface area contributed by atoms with E-state index >= 15 is 0 Å². The maximum Gasteiger partial charge on any atom is 0.330 e. The fraction of sp³-hybridized carbons (Fsp3) is 0.419. The minimum atomic E-state index is -3.67. The predicted octanol–water partition coefficient (Wildman–Crippen LogP) is 5.87. The highest BCUT2D eigenvalue weighted by Gasteiger charge is 2.24. The SMILES string of the molecule is COCO[C@H](C)CC(=O)O[C@@H](C)[C@@H](/C=C/C(=O)O[C@@H](C)[C@@H](/C=C/C(=O)OCCS(=O)(=O)c1ccc(C)cc1)OCc1ccc(OC)cc1)OCc1ccc(OC)cc1. The Balaban J connectivity index is 1.70. The molecule has 3 rings (SSSR count). The molecule has 3 aromatic rings. The number of hydrogen-bond donors (Lipinski definition) is 0. The summed E-state index contributed by atoms with van der Waals surface area (Å²) >= 11 is 0. The summed E-state index contributed by atoms with van der Waals surface area (Å²) in [4.78, 5) is 38.7. The molecule has 0 aliphatic heterocycles. The minimum absolute atomic E-state index is 0.0233. The monoisotopic (exact) mass is 826 g/mol. The van der Waals surface area contributed by atoms with E-state index in [4.69, 9.17) is 42.6 Å². The number of carbonyl (C=O) groups is 3. The third-order valence-electron chi connectivity index (χ3n) is 8.49. The van der Waals surface area contributed by atoms with Gasteiger partial charge >= 0.3 is 17.9 Å². The van der Waals surface area contributed by atoms with E-state index in [1.54, 1.807) is 83.5 Å². The van der Waals surface area contributed by atoms with Crippen molar-refractivity contribution in [1.82, 2.24) is 0 Å². The lowest BCUT2D eigenvalue weighted by Gasteiger charge is -2.23. The lowest BCUT2D eigenvalue weighted by molar-refractivity contribution is -0.159. The third-order valence-corrected chi connectivity index (χ3v) is 10.2. The van der Waals surface area contributed by atoms with Crippen LogP contribution in [0.4, 0.5) is 0 Å². The van der Waals surface area contributed by atoms with Crippen LogP contribution < -0.4 is 9.47 Å². The van der Waals surface area contributed by atoms with Crippen LogP contribution in [0.3, 0.4) is 0 Å². The predicted molar refractivity (Wildman–Crippen MR) is 214 cm³/mol. The maximum atomic E-state index is 13.2. The highest BCUT2D eigenvalue weighted by molar-refractivity contribution is 7.91. The molecule has 14 nitrogen and oxygen atoms in total. The standard InChI is InChI=1S/C43H54O14S/c1-30-8-18-38(19-9-30)58(47,48)25-24-52-41(44)22-20-39(53-27-34-10-14-36(50-6)15-11-34)32(3)56-42(45)23-21-40(54-28-35-12-16-37(51-7)17-13-35)33(4)57-43(46)26-31(2)55-29-49-5/h8-23,31-33,39-40H,24-29H2,1-7H3/b22-20+,23-21+/t31-,32+,33+,39-,40-/m1/s1. The first kappa shape index (κ1) is 47.3. The topological polar surface area (TPSA) is 168 Å². The van der Waals surface area contributed by atoms with Gasteiger partial charge in [0.2, 0.25) is 0 Å². The molecule has 3 aromatic carbocycles. The number of benzene rings is 3. The van der Waals surface area contributed by atoms with Crippen molar-refractivity contribution in [2.24, 2.45) is 0 Å². The molecule has 0 bridgehead atoms. The Morgan fingerprint density at radius 3 is 1.66 bits per heavy atom. The molecule has 0 aliphatic rings. The van der Waals surface area contributed by atoms with Crippen LogP contribution in [0.15, 0.2) is 102 Å². The van der Waals surface area contributed by atoms with E-state index < -0.39 is 64.0 Å². The van der Waals surface area contributed by atoms with Crippen molar-refractivity contribution in [2.75, 3.05) is 40.5 Å². The van der Waals surface area contributed by atoms with Crippen LogP contribution in [-0.4, -0.2) is 97.3 Å². The summed E-state index contributed by atoms with van der Waals surface area (Å²) in [6.45, 7) is 6.65. The summed E-state index contributed by atoms with van der Waals surface area (Å²) in [5, 5.41) is 0. The van der Waals surface area contributed by atoms with Crippen LogP contribution in [0.1, 0.15) is 43.9 Å². The number of aryl methyl sites for hydroxylation is 1. The molecule has 15 heteroatoms. The first-order valence-electron chi connectivity index (χ1n) is 18.5. The molecule has 0 spiro atoms. The number of esters is 3. The Morgan fingerprint density at radius 2 is 1.16 bits per heavy atom. The molecule has 0 saturated heterocycles. The first-order chi connectivity index (χ1) is 27.7. The van der Waals surface area contributed by atoms with Gasteiger partial charge < -0.3 is 42.6 Å². The minimum Gasteiger partial charge on any atom is -0.497 e. The van der Waals surface area contributed by atoms with Gasteiger partial charge in [-0.1, -0.05) is 42.0 Å². The molecule has 5 atom stereocenters. The second kappa shape index (κ2) is 24.7. The molecule has 0 N–H and O–H groups in total. The second-order valence-electron chi connectivity index (χ2n) is 13.2. The second-order valence-corrected chi connectivity index (χ2v) is 15.3. The molecule has 0 unspecified atom stereocenters. The third kappa shape index (κ3) is 17.2. The summed E-state index contributed by atoms with van der Waals surface area (Å²) in [6.07, 6.45) is 1.03. The van der Waals surface area contributed by atoms with Crippen molar-refractivity contribution in [1.29, 1.82) is 0 Å². The van der Waals surface area contributed by atoms with Crippen molar-refractivity contribution in [3.05, 3.63) is 114 Å². The number of carbonyl (C=O) groups excluding carboxylic acids is 3. The summed E-state index contributed by atoms with van der Waals surface area (Å²) in [6, 6.07) is 20.7. The van der Waals surface area contributed by atoms with Gasteiger partial charge in [0.1, 0.15) is 49.3 Å². The fourth-order valence-corrected chi connectivity index (χ4v) is 6.21. The molecule has 0 aromatic heterocycles. The van der Waals surface area contributed by atoms with Crippen LogP contribution in [0.5, 0.6) is 11.5 Å². The van der Waals surface area contributed by atoms with Crippen LogP contribution >= 0.6 is 0 Å². The lowest BCUT2D eigenvalue weighted by Crippen LogP contribution is -2.32. The Hall–Kier alpha value is -5.06. The zero-order valence-electron chi connectivity index (χ0n) is 34.0. The summed E-state index contributed by atoms with van der Waals surface area (Å²) in [5.41, 5.74) is 2.50. The molecule has 0 radical (unpaired) electrons. The summed E-state index contributed by atoms with van der Waals surface area (Å²) in [7, 11) is 0.923. The molecule has 58 heavy (non-hydrogen) atoms. The van der Waals surface area contributed by atoms with Gasteiger partial charge in [0.15, 0.2) is 9.84 Å². The number of hydrogen-bond acceptors (Lipinski definition) is 14. The van der Waals surface area contributed by atoms with Crippen LogP contribution in [0, 0.1) is 6.92 Å². The molecule has 0 aliphatic carbocycles. The smallest absolute Gasteiger partial charge is 0.330 e. The molecule has 0 heterocycles. The Labute approximate surface area is 340 Å². The van der Waals surface area contributed by atoms with Crippen molar-refractivity contribution >= 4 is 27.7 Å². The van der Waals surface area contributed by atoms with Crippen molar-refractivity contribution < 1.29 is 65.4 Å². The van der Waals surface area contributed by atoms with Gasteiger partial charge in [-0.25, -0.2) is 18.0 Å². The van der Waals surface area contributed by atoms with Gasteiger partial charge in [0.25, 0.3) is 0 Å². The number of rotatable bonds is 25. The van der Waals surface area contributed by atoms with Crippen molar-refractivity contribution in [3.8, 4) is 11.5 Å². The van der Waals surface area contributed by atoms with E-state index in [9.17, 15) is 22.8 Å². The fourth-order valence-electron chi connectivity index (χ4n) is 5.12. The number of methoxy groups -OCH3 is 3. The van der Waals surface area contributed by atoms with E-state index in [-0.39, 0.29) is 37.9 Å². The van der Waals surface area contributed by atoms with Crippen molar-refractivity contribution in [2.45, 2.75) is 82.7 Å². The molecular weight excluding hydrogens is 773 g/mol. The largest absolute Gasteiger partial charge is 0.497 e. The van der Waals surface area contributed by atoms with E-state index in [1.165, 1.54) is 31.4 Å². The molecule has 316 valence electrons. The first-order valence-corrected chi connectivity index (χ1v) is 20.2. The number of sulfone groups is 1. The van der Waals surface area contributed by atoms with Crippen molar-refractivity contribution in [3.63, 3.8) is 0 Å². The zero-order valence-corrected chi connectivity index (χ0v) is 34.8. The van der Waals surface area contributed by atoms with Gasteiger partial charge in [0.05, 0.1) is 50.6 Å². The van der Waals surface area contributed by atoms with Gasteiger partial charge in [-0.2, -0.15) is 0 Å². The van der Waals surface area contributed by atoms with Crippen LogP contribution in [0.25, 0.3) is 0 Å². The van der Waals surface area contributed by atoms with Gasteiger partial charge in [-0.05, 0) is 87.4 Å². The van der Waals surface area contributed by atoms with Crippen LogP contribution in [-0.2, 0) is 70.6 Å². The van der Waals surface area contributed by atoms with Crippen LogP contribution in [0.2, 0.25) is 0 Å². The van der Waals surface area contributed by atoms with E-state index in [1.807, 2.05) is 19.1 Å². The van der Waals surface area contributed by atoms with Gasteiger partial charge in [0, 0.05) is 19.3 Å². The highest BCUT2D eigenvalue weighted by Crippen LogP contribution is 2.18. The molecule has 0 amide bonds. The molecule has 0 fully saturated rings. The maximum absolute atomic E-state index is 13.2. The quantitative estimate of drug-likeness (QED) is 0.0430. The van der Waals surface area contributed by atoms with E-state index in [0.717, 1.165) is 28.8 Å². The van der Waals surface area contributed by atoms with Gasteiger partial charge in [-0.15, -0.1) is 0 Å². The number of ether oxygens (including phenoxy) is 9. The molecule has 0 saturated carbocycles.